The number of anilines is 1. The molecular formula is C22H25N5O. The zero-order chi connectivity index (χ0) is 19.2. The van der Waals surface area contributed by atoms with Gasteiger partial charge in [0.15, 0.2) is 11.7 Å². The largest absolute Gasteiger partial charge is 0.368 e. The van der Waals surface area contributed by atoms with Crippen molar-refractivity contribution in [2.45, 2.75) is 6.54 Å². The van der Waals surface area contributed by atoms with Crippen molar-refractivity contribution in [3.63, 3.8) is 0 Å². The predicted octanol–water partition coefficient (Wildman–Crippen LogP) is 3.24. The minimum absolute atomic E-state index is 0.585. The van der Waals surface area contributed by atoms with Gasteiger partial charge in [0.2, 0.25) is 0 Å². The summed E-state index contributed by atoms with van der Waals surface area (Å²) in [5.41, 5.74) is 3.17. The molecule has 0 radical (unpaired) electrons. The Morgan fingerprint density at radius 3 is 2.36 bits per heavy atom. The zero-order valence-electron chi connectivity index (χ0n) is 16.1. The van der Waals surface area contributed by atoms with Crippen molar-refractivity contribution < 1.29 is 4.52 Å². The lowest BCUT2D eigenvalue weighted by Gasteiger charge is -2.37. The van der Waals surface area contributed by atoms with E-state index in [4.69, 9.17) is 4.52 Å². The number of piperazine rings is 1. The van der Waals surface area contributed by atoms with E-state index in [1.54, 1.807) is 0 Å². The first-order valence-electron chi connectivity index (χ1n) is 9.60. The minimum atomic E-state index is 0.585. The highest BCUT2D eigenvalue weighted by Gasteiger charge is 2.20. The fourth-order valence-corrected chi connectivity index (χ4v) is 3.45. The van der Waals surface area contributed by atoms with E-state index in [9.17, 15) is 0 Å². The van der Waals surface area contributed by atoms with Crippen molar-refractivity contribution in [1.29, 1.82) is 0 Å². The molecule has 1 aromatic heterocycles. The van der Waals surface area contributed by atoms with E-state index in [0.717, 1.165) is 49.2 Å². The Labute approximate surface area is 165 Å². The number of guanidine groups is 1. The first kappa shape index (κ1) is 18.1. The van der Waals surface area contributed by atoms with Gasteiger partial charge in [0.25, 0.3) is 0 Å². The fourth-order valence-electron chi connectivity index (χ4n) is 3.45. The SMILES string of the molecule is CN=C(NCc1cc(-c2ccccc2)on1)N1CCN(c2ccccc2)CC1. The maximum absolute atomic E-state index is 5.48. The first-order valence-corrected chi connectivity index (χ1v) is 9.60. The molecule has 0 unspecified atom stereocenters. The van der Waals surface area contributed by atoms with Gasteiger partial charge in [-0.2, -0.15) is 0 Å². The van der Waals surface area contributed by atoms with Crippen LogP contribution in [0.25, 0.3) is 11.3 Å². The lowest BCUT2D eigenvalue weighted by atomic mass is 10.2. The van der Waals surface area contributed by atoms with E-state index < -0.39 is 0 Å². The summed E-state index contributed by atoms with van der Waals surface area (Å²) in [6.45, 7) is 4.41. The van der Waals surface area contributed by atoms with Gasteiger partial charge < -0.3 is 19.6 Å². The van der Waals surface area contributed by atoms with Crippen LogP contribution in [0.15, 0.2) is 76.2 Å². The Balaban J connectivity index is 1.32. The normalized spacial score (nSPS) is 15.0. The quantitative estimate of drug-likeness (QED) is 0.560. The lowest BCUT2D eigenvalue weighted by Crippen LogP contribution is -2.52. The standard InChI is InChI=1S/C22H25N5O/c1-23-22(27-14-12-26(13-15-27)20-10-6-3-7-11-20)24-17-19-16-21(28-25-19)18-8-4-2-5-9-18/h2-11,16H,12-15,17H2,1H3,(H,23,24). The highest BCUT2D eigenvalue weighted by molar-refractivity contribution is 5.80. The highest BCUT2D eigenvalue weighted by atomic mass is 16.5. The van der Waals surface area contributed by atoms with E-state index in [0.29, 0.717) is 6.54 Å². The predicted molar refractivity (Wildman–Crippen MR) is 112 cm³/mol. The number of nitrogens with one attached hydrogen (secondary N) is 1. The molecule has 0 bridgehead atoms. The third-order valence-corrected chi connectivity index (χ3v) is 4.96. The Morgan fingerprint density at radius 2 is 1.68 bits per heavy atom. The summed E-state index contributed by atoms with van der Waals surface area (Å²) in [6, 6.07) is 22.5. The van der Waals surface area contributed by atoms with E-state index >= 15 is 0 Å². The summed E-state index contributed by atoms with van der Waals surface area (Å²) < 4.78 is 5.48. The van der Waals surface area contributed by atoms with Crippen molar-refractivity contribution in [3.8, 4) is 11.3 Å². The van der Waals surface area contributed by atoms with Crippen LogP contribution < -0.4 is 10.2 Å². The molecule has 1 N–H and O–H groups in total. The van der Waals surface area contributed by atoms with Gasteiger partial charge in [0.1, 0.15) is 5.69 Å². The van der Waals surface area contributed by atoms with Crippen LogP contribution in [0, 0.1) is 0 Å². The van der Waals surface area contributed by atoms with E-state index in [1.807, 2.05) is 43.4 Å². The molecule has 0 saturated carbocycles. The summed E-state index contributed by atoms with van der Waals surface area (Å²) in [5, 5.41) is 7.59. The first-order chi connectivity index (χ1) is 13.8. The molecule has 1 saturated heterocycles. The van der Waals surface area contributed by atoms with Crippen LogP contribution in [-0.4, -0.2) is 49.2 Å². The minimum Gasteiger partial charge on any atom is -0.368 e. The second-order valence-corrected chi connectivity index (χ2v) is 6.76. The maximum atomic E-state index is 5.48. The molecule has 0 spiro atoms. The van der Waals surface area contributed by atoms with E-state index in [1.165, 1.54) is 5.69 Å². The summed E-state index contributed by atoms with van der Waals surface area (Å²) >= 11 is 0. The molecule has 6 heteroatoms. The number of hydrogen-bond donors (Lipinski definition) is 1. The summed E-state index contributed by atoms with van der Waals surface area (Å²) in [4.78, 5) is 9.14. The number of aromatic nitrogens is 1. The molecule has 28 heavy (non-hydrogen) atoms. The number of nitrogens with zero attached hydrogens (tertiary/aromatic N) is 4. The van der Waals surface area contributed by atoms with Crippen LogP contribution in [0.2, 0.25) is 0 Å². The molecule has 0 amide bonds. The molecule has 6 nitrogen and oxygen atoms in total. The Kier molecular flexibility index (Phi) is 5.56. The van der Waals surface area contributed by atoms with Crippen molar-refractivity contribution >= 4 is 11.6 Å². The Hall–Kier alpha value is -3.28. The highest BCUT2D eigenvalue weighted by Crippen LogP contribution is 2.20. The van der Waals surface area contributed by atoms with Gasteiger partial charge in [0, 0.05) is 50.5 Å². The van der Waals surface area contributed by atoms with Gasteiger partial charge in [-0.1, -0.05) is 53.7 Å². The summed E-state index contributed by atoms with van der Waals surface area (Å²) in [6.07, 6.45) is 0. The van der Waals surface area contributed by atoms with Crippen molar-refractivity contribution in [3.05, 3.63) is 72.4 Å². The lowest BCUT2D eigenvalue weighted by molar-refractivity contribution is 0.371. The molecule has 0 atom stereocenters. The van der Waals surface area contributed by atoms with Gasteiger partial charge in [-0.3, -0.25) is 4.99 Å². The summed E-state index contributed by atoms with van der Waals surface area (Å²) in [5.74, 6) is 1.68. The van der Waals surface area contributed by atoms with E-state index in [2.05, 4.69) is 55.6 Å². The van der Waals surface area contributed by atoms with Crippen LogP contribution in [0.4, 0.5) is 5.69 Å². The molecule has 1 fully saturated rings. The van der Waals surface area contributed by atoms with Gasteiger partial charge in [0.05, 0.1) is 6.54 Å². The molecule has 2 aromatic carbocycles. The smallest absolute Gasteiger partial charge is 0.194 e. The maximum Gasteiger partial charge on any atom is 0.194 e. The number of benzene rings is 2. The van der Waals surface area contributed by atoms with Crippen LogP contribution in [0.3, 0.4) is 0 Å². The average Bonchev–Trinajstić information content (AvgIpc) is 3.25. The monoisotopic (exact) mass is 375 g/mol. The fraction of sp³-hybridized carbons (Fsp3) is 0.273. The van der Waals surface area contributed by atoms with Gasteiger partial charge in [-0.15, -0.1) is 0 Å². The second-order valence-electron chi connectivity index (χ2n) is 6.76. The molecule has 1 aliphatic heterocycles. The number of hydrogen-bond acceptors (Lipinski definition) is 4. The molecule has 2 heterocycles. The average molecular weight is 375 g/mol. The van der Waals surface area contributed by atoms with Crippen LogP contribution in [-0.2, 0) is 6.54 Å². The van der Waals surface area contributed by atoms with Crippen LogP contribution in [0.5, 0.6) is 0 Å². The summed E-state index contributed by atoms with van der Waals surface area (Å²) in [7, 11) is 1.82. The number of rotatable bonds is 4. The Morgan fingerprint density at radius 1 is 1.00 bits per heavy atom. The Bertz CT molecular complexity index is 899. The molecular weight excluding hydrogens is 350 g/mol. The molecule has 144 valence electrons. The van der Waals surface area contributed by atoms with Gasteiger partial charge in [-0.05, 0) is 12.1 Å². The van der Waals surface area contributed by atoms with Crippen LogP contribution in [0.1, 0.15) is 5.69 Å². The molecule has 4 rings (SSSR count). The van der Waals surface area contributed by atoms with Gasteiger partial charge >= 0.3 is 0 Å². The number of para-hydroxylation sites is 1. The molecule has 3 aromatic rings. The molecule has 1 aliphatic rings. The third-order valence-electron chi connectivity index (χ3n) is 4.96. The van der Waals surface area contributed by atoms with Gasteiger partial charge in [-0.25, -0.2) is 0 Å². The zero-order valence-corrected chi connectivity index (χ0v) is 16.1. The van der Waals surface area contributed by atoms with Crippen molar-refractivity contribution in [1.82, 2.24) is 15.4 Å². The number of aliphatic imine (C=N–C) groups is 1. The van der Waals surface area contributed by atoms with Crippen molar-refractivity contribution in [2.24, 2.45) is 4.99 Å². The topological polar surface area (TPSA) is 56.9 Å². The van der Waals surface area contributed by atoms with Crippen molar-refractivity contribution in [2.75, 3.05) is 38.1 Å². The third kappa shape index (κ3) is 4.17. The van der Waals surface area contributed by atoms with E-state index in [-0.39, 0.29) is 0 Å². The van der Waals surface area contributed by atoms with Crippen LogP contribution >= 0.6 is 0 Å². The second kappa shape index (κ2) is 8.61. The molecule has 0 aliphatic carbocycles.